The van der Waals surface area contributed by atoms with E-state index in [1.807, 2.05) is 0 Å². The molecule has 0 aromatic rings. The Morgan fingerprint density at radius 2 is 1.60 bits per heavy atom. The third-order valence-corrected chi connectivity index (χ3v) is 0.552. The Kier molecular flexibility index (Phi) is 0.190. The highest BCUT2D eigenvalue weighted by Crippen LogP contribution is 2.15. The van der Waals surface area contributed by atoms with Gasteiger partial charge in [-0.3, -0.25) is 0 Å². The van der Waals surface area contributed by atoms with Gasteiger partial charge >= 0.3 is 0 Å². The van der Waals surface area contributed by atoms with Gasteiger partial charge < -0.3 is 0 Å². The molecule has 0 aliphatic heterocycles. The molecule has 1 aliphatic carbocycles. The van der Waals surface area contributed by atoms with Crippen LogP contribution in [-0.4, -0.2) is 0 Å². The quantitative estimate of drug-likeness (QED) is 0.413. The van der Waals surface area contributed by atoms with Gasteiger partial charge in [-0.25, -0.2) is 0 Å². The highest BCUT2D eigenvalue weighted by molar-refractivity contribution is 4.51. The van der Waals surface area contributed by atoms with Crippen LogP contribution in [0.2, 0.25) is 0 Å². The van der Waals surface area contributed by atoms with E-state index in [0.29, 0.717) is 0 Å². The summed E-state index contributed by atoms with van der Waals surface area (Å²) in [6.07, 6.45) is -6.45. The molecule has 0 spiro atoms. The molecular formula is C5H10. The summed E-state index contributed by atoms with van der Waals surface area (Å²) in [6, 6.07) is 0. The Morgan fingerprint density at radius 1 is 1.00 bits per heavy atom. The van der Waals surface area contributed by atoms with Crippen molar-refractivity contribution in [2.24, 2.45) is 0 Å². The summed E-state index contributed by atoms with van der Waals surface area (Å²) in [5.41, 5.74) is 0. The molecule has 0 nitrogen and oxygen atoms in total. The van der Waals surface area contributed by atoms with Gasteiger partial charge in [-0.15, -0.1) is 0 Å². The Hall–Kier alpha value is 0. The molecule has 0 radical (unpaired) electrons. The van der Waals surface area contributed by atoms with Crippen LogP contribution in [0.25, 0.3) is 0 Å². The van der Waals surface area contributed by atoms with E-state index in [2.05, 4.69) is 0 Å². The maximum atomic E-state index is 7.21. The Bertz CT molecular complexity index is 154. The molecule has 5 heavy (non-hydrogen) atoms. The summed E-state index contributed by atoms with van der Waals surface area (Å²) >= 11 is 0. The van der Waals surface area contributed by atoms with E-state index in [0.717, 1.165) is 0 Å². The fourth-order valence-electron chi connectivity index (χ4n) is 0.312. The zero-order valence-corrected chi connectivity index (χ0v) is 2.91. The van der Waals surface area contributed by atoms with Crippen LogP contribution in [0.3, 0.4) is 0 Å². The zero-order valence-electron chi connectivity index (χ0n) is 8.91. The lowest BCUT2D eigenvalue weighted by Gasteiger charge is -1.67. The number of hydrogen-bond donors (Lipinski definition) is 0. The summed E-state index contributed by atoms with van der Waals surface area (Å²) in [4.78, 5) is 0. The first-order valence-electron chi connectivity index (χ1n) is 4.71. The van der Waals surface area contributed by atoms with Gasteiger partial charge in [0.25, 0.3) is 0 Å². The fourth-order valence-corrected chi connectivity index (χ4v) is 0.312. The second kappa shape index (κ2) is 1.44. The van der Waals surface area contributed by atoms with Gasteiger partial charge in [0.1, 0.15) is 0 Å². The average Bonchev–Trinajstić information content (AvgIpc) is 1.93. The van der Waals surface area contributed by atoms with Crippen molar-refractivity contribution in [3.8, 4) is 0 Å². The second-order valence-electron chi connectivity index (χ2n) is 0.979. The van der Waals surface area contributed by atoms with Gasteiger partial charge in [0.05, 0.1) is 0 Å². The molecule has 1 rings (SSSR count). The predicted octanol–water partition coefficient (Wildman–Crippen LogP) is 1.95. The molecule has 1 saturated carbocycles. The monoisotopic (exact) mass is 76.1 g/mol. The highest BCUT2D eigenvalue weighted by Gasteiger charge is 1.95. The molecule has 1 aliphatic rings. The second-order valence-corrected chi connectivity index (χ2v) is 0.979. The first kappa shape index (κ1) is 0.661. The zero-order chi connectivity index (χ0) is 8.91. The van der Waals surface area contributed by atoms with Crippen molar-refractivity contribution in [2.75, 3.05) is 0 Å². The lowest BCUT2D eigenvalue weighted by atomic mass is 10.4. The summed E-state index contributed by atoms with van der Waals surface area (Å²) < 4.78 is 43.2. The van der Waals surface area contributed by atoms with E-state index in [1.54, 1.807) is 0 Å². The molecule has 0 aromatic heterocycles. The van der Waals surface area contributed by atoms with Crippen molar-refractivity contribution in [3.63, 3.8) is 0 Å². The molecule has 0 atom stereocenters. The van der Waals surface area contributed by atoms with E-state index < -0.39 is 19.1 Å². The molecule has 0 heterocycles. The Labute approximate surface area is 41.6 Å². The Morgan fingerprint density at radius 3 is 1.80 bits per heavy atom. The Balaban J connectivity index is 3.00. The van der Waals surface area contributed by atoms with E-state index in [4.69, 9.17) is 8.22 Å². The van der Waals surface area contributed by atoms with Crippen molar-refractivity contribution in [3.05, 3.63) is 0 Å². The van der Waals surface area contributed by atoms with E-state index in [-0.39, 0.29) is 12.8 Å². The molecule has 0 N–H and O–H groups in total. The van der Waals surface area contributed by atoms with E-state index in [9.17, 15) is 0 Å². The summed E-state index contributed by atoms with van der Waals surface area (Å²) in [5, 5.41) is 0. The topological polar surface area (TPSA) is 0 Å². The lowest BCUT2D eigenvalue weighted by Crippen LogP contribution is -1.47. The van der Waals surface area contributed by atoms with Crippen LogP contribution in [0.1, 0.15) is 40.2 Å². The van der Waals surface area contributed by atoms with Gasteiger partial charge in [-0.05, 0) is 0 Å². The van der Waals surface area contributed by atoms with Crippen LogP contribution in [0.4, 0.5) is 0 Å². The van der Waals surface area contributed by atoms with Gasteiger partial charge in [-0.2, -0.15) is 0 Å². The fraction of sp³-hybridized carbons (Fsp3) is 1.00. The SMILES string of the molecule is [2H]C1([2H])CCC([2H])([2H])C1([2H])[2H]. The summed E-state index contributed by atoms with van der Waals surface area (Å²) in [6.45, 7) is 0. The van der Waals surface area contributed by atoms with E-state index in [1.165, 1.54) is 0 Å². The molecule has 0 unspecified atom stereocenters. The third kappa shape index (κ3) is 0.640. The van der Waals surface area contributed by atoms with Crippen LogP contribution in [0.15, 0.2) is 0 Å². The molecule has 0 saturated heterocycles. The maximum absolute atomic E-state index is 7.21. The van der Waals surface area contributed by atoms with Crippen LogP contribution in [-0.2, 0) is 0 Å². The van der Waals surface area contributed by atoms with Crippen molar-refractivity contribution in [1.82, 2.24) is 0 Å². The van der Waals surface area contributed by atoms with Crippen LogP contribution in [0, 0.1) is 0 Å². The maximum Gasteiger partial charge on any atom is 0.0267 e. The minimum atomic E-state index is -2.35. The largest absolute Gasteiger partial charge is 0.0533 e. The molecule has 0 heteroatoms. The minimum absolute atomic E-state index is 0.0347. The van der Waals surface area contributed by atoms with Crippen LogP contribution >= 0.6 is 0 Å². The molecular weight excluding hydrogens is 60.1 g/mol. The highest BCUT2D eigenvalue weighted by atomic mass is 14.0. The van der Waals surface area contributed by atoms with Crippen LogP contribution < -0.4 is 0 Å². The first-order chi connectivity index (χ1) is 4.71. The van der Waals surface area contributed by atoms with Gasteiger partial charge in [-0.1, -0.05) is 32.0 Å². The van der Waals surface area contributed by atoms with Crippen LogP contribution in [0.5, 0.6) is 0 Å². The van der Waals surface area contributed by atoms with Gasteiger partial charge in [0.2, 0.25) is 0 Å². The van der Waals surface area contributed by atoms with E-state index >= 15 is 0 Å². The molecule has 1 fully saturated rings. The number of hydrogen-bond acceptors (Lipinski definition) is 0. The first-order valence-corrected chi connectivity index (χ1v) is 1.71. The van der Waals surface area contributed by atoms with Gasteiger partial charge in [0.15, 0.2) is 0 Å². The smallest absolute Gasteiger partial charge is 0.0267 e. The average molecular weight is 76.2 g/mol. The predicted molar refractivity (Wildman–Crippen MR) is 23.1 cm³/mol. The standard InChI is InChI=1S/C5H10/c1-2-4-5-3-1/h1-5H2/i1D2,2D2,3D2. The third-order valence-electron chi connectivity index (χ3n) is 0.552. The van der Waals surface area contributed by atoms with Crippen molar-refractivity contribution >= 4 is 0 Å². The van der Waals surface area contributed by atoms with Crippen molar-refractivity contribution in [1.29, 1.82) is 0 Å². The molecule has 0 aromatic carbocycles. The lowest BCUT2D eigenvalue weighted by molar-refractivity contribution is 0.886. The molecule has 30 valence electrons. The summed E-state index contributed by atoms with van der Waals surface area (Å²) in [7, 11) is 0. The molecule has 0 bridgehead atoms. The van der Waals surface area contributed by atoms with Crippen molar-refractivity contribution in [2.45, 2.75) is 32.0 Å². The van der Waals surface area contributed by atoms with Gasteiger partial charge in [0, 0.05) is 8.22 Å². The number of rotatable bonds is 0. The normalized spacial score (nSPS) is 72.0. The summed E-state index contributed by atoms with van der Waals surface area (Å²) in [5.74, 6) is 0. The van der Waals surface area contributed by atoms with Crippen molar-refractivity contribution < 1.29 is 8.22 Å². The molecule has 0 amide bonds. The minimum Gasteiger partial charge on any atom is -0.0533 e.